The van der Waals surface area contributed by atoms with E-state index >= 15 is 0 Å². The summed E-state index contributed by atoms with van der Waals surface area (Å²) in [6.45, 7) is 6.34. The van der Waals surface area contributed by atoms with E-state index in [1.165, 1.54) is 23.1 Å². The number of benzene rings is 1. The average Bonchev–Trinajstić information content (AvgIpc) is 2.81. The number of thiocarbonyl (C=S) groups is 1. The highest BCUT2D eigenvalue weighted by molar-refractivity contribution is 8.23. The number of nitrogens with zero attached hydrogens (tertiary/aromatic N) is 2. The highest BCUT2D eigenvalue weighted by Gasteiger charge is 2.41. The van der Waals surface area contributed by atoms with E-state index in [-0.39, 0.29) is 18.2 Å². The fourth-order valence-corrected chi connectivity index (χ4v) is 5.02. The third-order valence-electron chi connectivity index (χ3n) is 4.49. The summed E-state index contributed by atoms with van der Waals surface area (Å²) in [5.74, 6) is 0.909. The van der Waals surface area contributed by atoms with Crippen molar-refractivity contribution >= 4 is 45.8 Å². The van der Waals surface area contributed by atoms with Crippen LogP contribution in [0.15, 0.2) is 30.3 Å². The molecule has 2 aliphatic heterocycles. The molecule has 4 nitrogen and oxygen atoms in total. The first-order valence-corrected chi connectivity index (χ1v) is 9.62. The Morgan fingerprint density at radius 3 is 2.38 bits per heavy atom. The fraction of sp³-hybridized carbons (Fsp3) is 0.500. The van der Waals surface area contributed by atoms with Gasteiger partial charge in [0.05, 0.1) is 5.69 Å². The number of amides is 2. The maximum atomic E-state index is 12.7. The molecule has 2 heterocycles. The lowest BCUT2D eigenvalue weighted by Gasteiger charge is -2.36. The Morgan fingerprint density at radius 1 is 1.12 bits per heavy atom. The molecule has 0 N–H and O–H groups in total. The second-order valence-corrected chi connectivity index (χ2v) is 8.67. The Bertz CT molecular complexity index is 640. The Kier molecular flexibility index (Phi) is 5.25. The van der Waals surface area contributed by atoms with E-state index in [1.807, 2.05) is 18.2 Å². The van der Waals surface area contributed by atoms with Crippen LogP contribution in [0.5, 0.6) is 0 Å². The highest BCUT2D eigenvalue weighted by Crippen LogP contribution is 2.32. The zero-order chi connectivity index (χ0) is 17.3. The number of imide groups is 1. The van der Waals surface area contributed by atoms with E-state index in [0.717, 1.165) is 17.4 Å². The summed E-state index contributed by atoms with van der Waals surface area (Å²) < 4.78 is 0.745. The van der Waals surface area contributed by atoms with Crippen molar-refractivity contribution in [2.24, 2.45) is 11.8 Å². The number of piperidine rings is 1. The van der Waals surface area contributed by atoms with Crippen molar-refractivity contribution in [2.45, 2.75) is 31.9 Å². The van der Waals surface area contributed by atoms with E-state index < -0.39 is 5.25 Å². The van der Waals surface area contributed by atoms with Crippen molar-refractivity contribution in [3.63, 3.8) is 0 Å². The molecule has 2 saturated heterocycles. The molecule has 2 fully saturated rings. The third-order valence-corrected chi connectivity index (χ3v) is 6.15. The number of likely N-dealkylation sites (tertiary alicyclic amines) is 1. The number of carbonyl (C=O) groups is 2. The quantitative estimate of drug-likeness (QED) is 0.596. The normalized spacial score (nSPS) is 27.7. The number of thioether (sulfide) groups is 1. The lowest BCUT2D eigenvalue weighted by atomic mass is 9.92. The van der Waals surface area contributed by atoms with E-state index in [0.29, 0.717) is 17.5 Å². The van der Waals surface area contributed by atoms with Crippen LogP contribution in [0.3, 0.4) is 0 Å². The molecule has 0 aliphatic carbocycles. The molecule has 2 amide bonds. The van der Waals surface area contributed by atoms with Gasteiger partial charge in [0.15, 0.2) is 0 Å². The smallest absolute Gasteiger partial charge is 0.247 e. The van der Waals surface area contributed by atoms with Gasteiger partial charge in [-0.3, -0.25) is 9.59 Å². The first-order valence-electron chi connectivity index (χ1n) is 8.33. The van der Waals surface area contributed by atoms with Gasteiger partial charge >= 0.3 is 0 Å². The van der Waals surface area contributed by atoms with Gasteiger partial charge < -0.3 is 4.90 Å². The molecule has 3 rings (SSSR count). The van der Waals surface area contributed by atoms with Crippen molar-refractivity contribution < 1.29 is 9.59 Å². The van der Waals surface area contributed by atoms with Crippen LogP contribution in [0.4, 0.5) is 5.69 Å². The summed E-state index contributed by atoms with van der Waals surface area (Å²) in [6.07, 6.45) is 1.43. The molecule has 0 saturated carbocycles. The minimum atomic E-state index is -0.405. The predicted octanol–water partition coefficient (Wildman–Crippen LogP) is 3.31. The lowest BCUT2D eigenvalue weighted by Crippen LogP contribution is -2.41. The van der Waals surface area contributed by atoms with Gasteiger partial charge in [-0.15, -0.1) is 0 Å². The van der Waals surface area contributed by atoms with Crippen molar-refractivity contribution in [1.82, 2.24) is 4.90 Å². The first kappa shape index (κ1) is 17.4. The number of hydrogen-bond acceptors (Lipinski definition) is 4. The van der Waals surface area contributed by atoms with Crippen LogP contribution in [0.25, 0.3) is 0 Å². The maximum Gasteiger partial charge on any atom is 0.247 e. The van der Waals surface area contributed by atoms with E-state index in [4.69, 9.17) is 12.2 Å². The molecular formula is C18H22N2O2S2. The predicted molar refractivity (Wildman–Crippen MR) is 102 cm³/mol. The second kappa shape index (κ2) is 7.23. The van der Waals surface area contributed by atoms with E-state index in [9.17, 15) is 9.59 Å². The molecule has 6 heteroatoms. The molecule has 2 aliphatic rings. The zero-order valence-corrected chi connectivity index (χ0v) is 15.6. The van der Waals surface area contributed by atoms with Gasteiger partial charge in [-0.1, -0.05) is 56.0 Å². The van der Waals surface area contributed by atoms with Crippen LogP contribution in [-0.4, -0.2) is 39.4 Å². The molecule has 3 atom stereocenters. The average molecular weight is 363 g/mol. The van der Waals surface area contributed by atoms with Crippen molar-refractivity contribution in [3.8, 4) is 0 Å². The summed E-state index contributed by atoms with van der Waals surface area (Å²) >= 11 is 6.94. The molecular weight excluding hydrogens is 340 g/mol. The van der Waals surface area contributed by atoms with E-state index in [1.54, 1.807) is 12.1 Å². The van der Waals surface area contributed by atoms with Crippen LogP contribution >= 0.6 is 24.0 Å². The molecule has 1 aromatic carbocycles. The summed E-state index contributed by atoms with van der Waals surface area (Å²) in [4.78, 5) is 28.5. The topological polar surface area (TPSA) is 40.6 Å². The molecule has 0 unspecified atom stereocenters. The molecule has 0 spiro atoms. The van der Waals surface area contributed by atoms with Crippen molar-refractivity contribution in [2.75, 3.05) is 18.0 Å². The third kappa shape index (κ3) is 3.64. The Balaban J connectivity index is 1.67. The second-order valence-electron chi connectivity index (χ2n) is 6.83. The molecule has 24 heavy (non-hydrogen) atoms. The van der Waals surface area contributed by atoms with Gasteiger partial charge in [-0.2, -0.15) is 0 Å². The Labute approximate surface area is 152 Å². The number of hydrogen-bond donors (Lipinski definition) is 0. The van der Waals surface area contributed by atoms with Gasteiger partial charge in [0.1, 0.15) is 9.57 Å². The van der Waals surface area contributed by atoms with Gasteiger partial charge in [-0.25, -0.2) is 4.90 Å². The highest BCUT2D eigenvalue weighted by atomic mass is 32.2. The minimum Gasteiger partial charge on any atom is -0.357 e. The molecule has 128 valence electrons. The maximum absolute atomic E-state index is 12.7. The van der Waals surface area contributed by atoms with Gasteiger partial charge in [0, 0.05) is 19.5 Å². The van der Waals surface area contributed by atoms with Crippen LogP contribution in [0, 0.1) is 11.8 Å². The summed E-state index contributed by atoms with van der Waals surface area (Å²) in [6, 6.07) is 9.11. The zero-order valence-electron chi connectivity index (χ0n) is 14.0. The van der Waals surface area contributed by atoms with Crippen molar-refractivity contribution in [1.29, 1.82) is 0 Å². The summed E-state index contributed by atoms with van der Waals surface area (Å²) in [5, 5.41) is -0.405. The number of para-hydroxylation sites is 1. The number of anilines is 1. The number of rotatable bonds is 2. The van der Waals surface area contributed by atoms with Gasteiger partial charge in [-0.05, 0) is 30.4 Å². The Morgan fingerprint density at radius 2 is 1.75 bits per heavy atom. The van der Waals surface area contributed by atoms with Gasteiger partial charge in [0.25, 0.3) is 0 Å². The van der Waals surface area contributed by atoms with E-state index in [2.05, 4.69) is 18.7 Å². The number of carbonyl (C=O) groups excluding carboxylic acids is 2. The SMILES string of the molecule is C[C@@H]1C[C@@H](C)CN(C(=S)S[C@H]2CC(=O)N(c3ccccc3)C2=O)C1. The summed E-state index contributed by atoms with van der Waals surface area (Å²) in [5.41, 5.74) is 0.640. The van der Waals surface area contributed by atoms with Crippen LogP contribution in [0.2, 0.25) is 0 Å². The minimum absolute atomic E-state index is 0.146. The fourth-order valence-electron chi connectivity index (χ4n) is 3.55. The lowest BCUT2D eigenvalue weighted by molar-refractivity contribution is -0.121. The van der Waals surface area contributed by atoms with Crippen LogP contribution in [0.1, 0.15) is 26.7 Å². The largest absolute Gasteiger partial charge is 0.357 e. The standard InChI is InChI=1S/C18H22N2O2S2/c1-12-8-13(2)11-19(10-12)18(23)24-15-9-16(21)20(17(15)22)14-6-4-3-5-7-14/h3-7,12-13,15H,8-11H2,1-2H3/t12-,13-,15+/m1/s1. The molecule has 1 aromatic rings. The van der Waals surface area contributed by atoms with Crippen LogP contribution < -0.4 is 4.90 Å². The molecule has 0 aromatic heterocycles. The summed E-state index contributed by atoms with van der Waals surface area (Å²) in [7, 11) is 0. The molecule has 0 radical (unpaired) electrons. The van der Waals surface area contributed by atoms with Crippen molar-refractivity contribution in [3.05, 3.63) is 30.3 Å². The Hall–Kier alpha value is -1.40. The van der Waals surface area contributed by atoms with Crippen LogP contribution in [-0.2, 0) is 9.59 Å². The van der Waals surface area contributed by atoms with Gasteiger partial charge in [0.2, 0.25) is 11.8 Å². The first-order chi connectivity index (χ1) is 11.5. The molecule has 0 bridgehead atoms. The monoisotopic (exact) mass is 362 g/mol.